The van der Waals surface area contributed by atoms with E-state index in [0.717, 1.165) is 33.7 Å². The zero-order valence-corrected chi connectivity index (χ0v) is 21.7. The Kier molecular flexibility index (Phi) is 8.42. The van der Waals surface area contributed by atoms with E-state index in [0.29, 0.717) is 35.1 Å². The predicted molar refractivity (Wildman–Crippen MR) is 135 cm³/mol. The van der Waals surface area contributed by atoms with Crippen LogP contribution in [0.1, 0.15) is 35.8 Å². The Morgan fingerprint density at radius 3 is 2.61 bits per heavy atom. The van der Waals surface area contributed by atoms with E-state index >= 15 is 0 Å². The van der Waals surface area contributed by atoms with Crippen molar-refractivity contribution in [3.8, 4) is 11.5 Å². The number of aryl methyl sites for hydroxylation is 2. The first-order valence-corrected chi connectivity index (χ1v) is 12.7. The van der Waals surface area contributed by atoms with Crippen molar-refractivity contribution in [3.63, 3.8) is 0 Å². The number of benzene rings is 1. The molecule has 33 heavy (non-hydrogen) atoms. The third-order valence-electron chi connectivity index (χ3n) is 5.61. The first-order valence-electron chi connectivity index (χ1n) is 10.9. The Labute approximate surface area is 202 Å². The van der Waals surface area contributed by atoms with Gasteiger partial charge in [-0.1, -0.05) is 31.2 Å². The molecule has 1 amide bonds. The van der Waals surface area contributed by atoms with Crippen LogP contribution in [0.5, 0.6) is 11.5 Å². The average molecular weight is 490 g/mol. The molecule has 178 valence electrons. The molecule has 7 nitrogen and oxygen atoms in total. The number of carbonyl (C=O) groups is 1. The molecule has 1 aromatic carbocycles. The Morgan fingerprint density at radius 2 is 1.94 bits per heavy atom. The minimum atomic E-state index is -0.0373. The zero-order valence-electron chi connectivity index (χ0n) is 20.1. The molecule has 0 spiro atoms. The zero-order chi connectivity index (χ0) is 24.1. The number of hydrogen-bond acceptors (Lipinski definition) is 7. The van der Waals surface area contributed by atoms with Crippen molar-refractivity contribution in [2.45, 2.75) is 51.9 Å². The van der Waals surface area contributed by atoms with Crippen LogP contribution in [0, 0.1) is 13.8 Å². The summed E-state index contributed by atoms with van der Waals surface area (Å²) in [6.07, 6.45) is 1.86. The van der Waals surface area contributed by atoms with Crippen molar-refractivity contribution in [2.75, 3.05) is 27.0 Å². The van der Waals surface area contributed by atoms with Gasteiger partial charge >= 0.3 is 0 Å². The average Bonchev–Trinajstić information content (AvgIpc) is 3.09. The van der Waals surface area contributed by atoms with Crippen molar-refractivity contribution >= 4 is 39.2 Å². The molecule has 3 aromatic rings. The Bertz CT molecular complexity index is 1200. The van der Waals surface area contributed by atoms with Crippen molar-refractivity contribution in [1.82, 2.24) is 14.5 Å². The van der Waals surface area contributed by atoms with E-state index in [1.54, 1.807) is 30.7 Å². The molecule has 0 saturated heterocycles. The summed E-state index contributed by atoms with van der Waals surface area (Å²) in [5.74, 6) is 1.45. The van der Waals surface area contributed by atoms with E-state index in [2.05, 4.69) is 6.92 Å². The number of unbranched alkanes of at least 4 members (excludes halogenated alkanes) is 1. The van der Waals surface area contributed by atoms with E-state index in [9.17, 15) is 9.59 Å². The number of nitrogens with zero attached hydrogens (tertiary/aromatic N) is 3. The molecule has 0 N–H and O–H groups in total. The molecule has 0 fully saturated rings. The van der Waals surface area contributed by atoms with Gasteiger partial charge in [0.05, 0.1) is 25.4 Å². The Hall–Kier alpha value is -2.52. The van der Waals surface area contributed by atoms with E-state index < -0.39 is 0 Å². The first kappa shape index (κ1) is 25.1. The van der Waals surface area contributed by atoms with Crippen molar-refractivity contribution in [1.29, 1.82) is 0 Å². The van der Waals surface area contributed by atoms with Crippen molar-refractivity contribution in [3.05, 3.63) is 44.6 Å². The van der Waals surface area contributed by atoms with Gasteiger partial charge < -0.3 is 14.4 Å². The number of aromatic nitrogens is 2. The molecule has 2 aromatic heterocycles. The molecular formula is C24H31N3O4S2. The number of rotatable bonds is 10. The van der Waals surface area contributed by atoms with Crippen LogP contribution < -0.4 is 15.0 Å². The third kappa shape index (κ3) is 5.52. The molecule has 0 atom stereocenters. The number of methoxy groups -OCH3 is 2. The second kappa shape index (κ2) is 11.1. The van der Waals surface area contributed by atoms with Crippen LogP contribution in [0.2, 0.25) is 0 Å². The lowest BCUT2D eigenvalue weighted by Gasteiger charge is -2.18. The lowest BCUT2D eigenvalue weighted by Crippen LogP contribution is -2.29. The molecule has 0 saturated carbocycles. The Morgan fingerprint density at radius 1 is 1.21 bits per heavy atom. The topological polar surface area (TPSA) is 73.7 Å². The maximum Gasteiger partial charge on any atom is 0.263 e. The number of carbonyl (C=O) groups excluding carboxylic acids is 1. The summed E-state index contributed by atoms with van der Waals surface area (Å²) in [5, 5.41) is 1.31. The molecule has 2 heterocycles. The maximum absolute atomic E-state index is 13.2. The minimum absolute atomic E-state index is 0.0102. The standard InChI is InChI=1S/C24H31N3O4S2/c1-7-8-11-27-23(29)21-15(2)16(3)33-22(21)25-24(27)32-14-20(28)26(4)13-17-9-10-18(30-5)19(12-17)31-6/h9-10,12H,7-8,11,13-14H2,1-6H3. The van der Waals surface area contributed by atoms with Crippen molar-refractivity contribution in [2.24, 2.45) is 0 Å². The lowest BCUT2D eigenvalue weighted by molar-refractivity contribution is -0.127. The van der Waals surface area contributed by atoms with Gasteiger partial charge in [0, 0.05) is 25.0 Å². The number of hydrogen-bond donors (Lipinski definition) is 0. The second-order valence-electron chi connectivity index (χ2n) is 7.90. The normalized spacial score (nSPS) is 11.1. The highest BCUT2D eigenvalue weighted by molar-refractivity contribution is 7.99. The molecule has 9 heteroatoms. The largest absolute Gasteiger partial charge is 0.493 e. The summed E-state index contributed by atoms with van der Waals surface area (Å²) in [7, 11) is 4.95. The number of thioether (sulfide) groups is 1. The summed E-state index contributed by atoms with van der Waals surface area (Å²) in [6.45, 7) is 7.12. The highest BCUT2D eigenvalue weighted by Gasteiger charge is 2.19. The van der Waals surface area contributed by atoms with Crippen LogP contribution >= 0.6 is 23.1 Å². The van der Waals surface area contributed by atoms with Gasteiger partial charge in [-0.25, -0.2) is 4.98 Å². The smallest absolute Gasteiger partial charge is 0.263 e. The highest BCUT2D eigenvalue weighted by Crippen LogP contribution is 2.29. The van der Waals surface area contributed by atoms with Crippen LogP contribution in [0.3, 0.4) is 0 Å². The van der Waals surface area contributed by atoms with Gasteiger partial charge in [0.2, 0.25) is 5.91 Å². The van der Waals surface area contributed by atoms with Gasteiger partial charge in [-0.15, -0.1) is 11.3 Å². The fraction of sp³-hybridized carbons (Fsp3) is 0.458. The second-order valence-corrected chi connectivity index (χ2v) is 10.0. The monoisotopic (exact) mass is 489 g/mol. The summed E-state index contributed by atoms with van der Waals surface area (Å²) >= 11 is 2.86. The molecule has 0 aliphatic rings. The molecule has 0 aliphatic heterocycles. The van der Waals surface area contributed by atoms with Crippen LogP contribution in [0.25, 0.3) is 10.2 Å². The third-order valence-corrected chi connectivity index (χ3v) is 7.67. The Balaban J connectivity index is 1.77. The van der Waals surface area contributed by atoms with Crippen LogP contribution in [-0.2, 0) is 17.9 Å². The van der Waals surface area contributed by atoms with Gasteiger partial charge in [-0.2, -0.15) is 0 Å². The van der Waals surface area contributed by atoms with Crippen LogP contribution in [0.15, 0.2) is 28.2 Å². The van der Waals surface area contributed by atoms with Crippen LogP contribution in [-0.4, -0.2) is 47.4 Å². The van der Waals surface area contributed by atoms with Gasteiger partial charge in [-0.3, -0.25) is 14.2 Å². The summed E-state index contributed by atoms with van der Waals surface area (Å²) in [5.41, 5.74) is 1.93. The molecule has 3 rings (SSSR count). The van der Waals surface area contributed by atoms with Gasteiger partial charge in [-0.05, 0) is 43.5 Å². The van der Waals surface area contributed by atoms with E-state index in [4.69, 9.17) is 14.5 Å². The SMILES string of the molecule is CCCCn1c(SCC(=O)N(C)Cc2ccc(OC)c(OC)c2)nc2sc(C)c(C)c2c1=O. The number of thiophene rings is 1. The van der Waals surface area contributed by atoms with Gasteiger partial charge in [0.15, 0.2) is 16.7 Å². The summed E-state index contributed by atoms with van der Waals surface area (Å²) < 4.78 is 12.4. The quantitative estimate of drug-likeness (QED) is 0.305. The molecule has 0 unspecified atom stereocenters. The predicted octanol–water partition coefficient (Wildman–Crippen LogP) is 4.64. The number of amides is 1. The van der Waals surface area contributed by atoms with E-state index in [1.165, 1.54) is 23.1 Å². The van der Waals surface area contributed by atoms with E-state index in [-0.39, 0.29) is 17.2 Å². The molecular weight excluding hydrogens is 458 g/mol. The molecule has 0 bridgehead atoms. The summed E-state index contributed by atoms with van der Waals surface area (Å²) in [6, 6.07) is 5.62. The van der Waals surface area contributed by atoms with Gasteiger partial charge in [0.25, 0.3) is 5.56 Å². The van der Waals surface area contributed by atoms with Gasteiger partial charge in [0.1, 0.15) is 4.83 Å². The van der Waals surface area contributed by atoms with E-state index in [1.807, 2.05) is 32.0 Å². The van der Waals surface area contributed by atoms with Crippen molar-refractivity contribution < 1.29 is 14.3 Å². The number of ether oxygens (including phenoxy) is 2. The first-order chi connectivity index (χ1) is 15.8. The summed E-state index contributed by atoms with van der Waals surface area (Å²) in [4.78, 5) is 34.4. The highest BCUT2D eigenvalue weighted by atomic mass is 32.2. The van der Waals surface area contributed by atoms with Crippen LogP contribution in [0.4, 0.5) is 0 Å². The molecule has 0 aliphatic carbocycles. The fourth-order valence-electron chi connectivity index (χ4n) is 3.51. The lowest BCUT2D eigenvalue weighted by atomic mass is 10.2. The number of fused-ring (bicyclic) bond motifs is 1. The fourth-order valence-corrected chi connectivity index (χ4v) is 5.55. The maximum atomic E-state index is 13.2. The molecule has 0 radical (unpaired) electrons. The minimum Gasteiger partial charge on any atom is -0.493 e.